The molecule has 0 spiro atoms. The second-order valence-corrected chi connectivity index (χ2v) is 8.12. The second kappa shape index (κ2) is 7.15. The van der Waals surface area contributed by atoms with E-state index in [9.17, 15) is 4.79 Å². The fourth-order valence-corrected chi connectivity index (χ4v) is 4.56. The van der Waals surface area contributed by atoms with Gasteiger partial charge >= 0.3 is 0 Å². The van der Waals surface area contributed by atoms with Gasteiger partial charge in [0, 0.05) is 35.5 Å². The molecule has 0 aliphatic carbocycles. The van der Waals surface area contributed by atoms with Gasteiger partial charge in [-0.05, 0) is 50.4 Å². The van der Waals surface area contributed by atoms with E-state index < -0.39 is 0 Å². The van der Waals surface area contributed by atoms with Crippen LogP contribution in [0.3, 0.4) is 0 Å². The summed E-state index contributed by atoms with van der Waals surface area (Å²) in [6, 6.07) is 15.0. The van der Waals surface area contributed by atoms with Crippen LogP contribution in [0, 0.1) is 5.92 Å². The van der Waals surface area contributed by atoms with Gasteiger partial charge in [-0.25, -0.2) is 4.99 Å². The second-order valence-electron chi connectivity index (χ2n) is 8.12. The van der Waals surface area contributed by atoms with E-state index in [0.717, 1.165) is 48.1 Å². The molecule has 2 aromatic carbocycles. The molecule has 144 valence electrons. The Balaban J connectivity index is 1.20. The van der Waals surface area contributed by atoms with E-state index in [2.05, 4.69) is 52.2 Å². The fourth-order valence-electron chi connectivity index (χ4n) is 4.56. The summed E-state index contributed by atoms with van der Waals surface area (Å²) in [4.78, 5) is 24.2. The number of nitrogens with zero attached hydrogens (tertiary/aromatic N) is 3. The van der Waals surface area contributed by atoms with Crippen LogP contribution in [0.5, 0.6) is 5.75 Å². The first-order valence-electron chi connectivity index (χ1n) is 10.1. The zero-order valence-corrected chi connectivity index (χ0v) is 16.2. The van der Waals surface area contributed by atoms with Gasteiger partial charge in [0.05, 0.1) is 11.9 Å². The summed E-state index contributed by atoms with van der Waals surface area (Å²) in [6.07, 6.45) is 3.99. The summed E-state index contributed by atoms with van der Waals surface area (Å²) in [5, 5.41) is 3.75. The molecule has 1 saturated heterocycles. The van der Waals surface area contributed by atoms with Crippen molar-refractivity contribution in [3.63, 3.8) is 0 Å². The molecule has 1 amide bonds. The molecule has 2 aromatic rings. The Morgan fingerprint density at radius 3 is 2.75 bits per heavy atom. The summed E-state index contributed by atoms with van der Waals surface area (Å²) in [7, 11) is 0. The third-order valence-corrected chi connectivity index (χ3v) is 6.28. The van der Waals surface area contributed by atoms with Gasteiger partial charge in [0.1, 0.15) is 0 Å². The Bertz CT molecular complexity index is 963. The van der Waals surface area contributed by atoms with Crippen LogP contribution < -0.4 is 15.4 Å². The highest BCUT2D eigenvalue weighted by atomic mass is 16.7. The number of hydrogen-bond acceptors (Lipinski definition) is 4. The van der Waals surface area contributed by atoms with Crippen LogP contribution in [-0.2, 0) is 17.9 Å². The van der Waals surface area contributed by atoms with Gasteiger partial charge < -0.3 is 4.84 Å². The Morgan fingerprint density at radius 1 is 1.18 bits per heavy atom. The Hall–Kier alpha value is -2.50. The molecule has 1 unspecified atom stereocenters. The molecule has 5 nitrogen and oxygen atoms in total. The van der Waals surface area contributed by atoms with Crippen LogP contribution in [0.1, 0.15) is 30.9 Å². The van der Waals surface area contributed by atoms with Crippen LogP contribution in [0.4, 0.5) is 0 Å². The first-order chi connectivity index (χ1) is 13.7. The van der Waals surface area contributed by atoms with Crippen molar-refractivity contribution >= 4 is 12.0 Å². The van der Waals surface area contributed by atoms with Crippen molar-refractivity contribution in [2.45, 2.75) is 38.9 Å². The van der Waals surface area contributed by atoms with Crippen LogP contribution >= 0.6 is 0 Å². The largest absolute Gasteiger partial charge is 0.405 e. The number of likely N-dealkylation sites (tertiary alicyclic amines) is 1. The SMILES string of the molecule is CC(C1CCN(Cc2ccccc2)CC1)N1Cc2cc3c(cc2O1)=NC(=O)C=3. The molecule has 3 aliphatic heterocycles. The van der Waals surface area contributed by atoms with Crippen molar-refractivity contribution in [2.75, 3.05) is 13.1 Å². The molecule has 28 heavy (non-hydrogen) atoms. The maximum atomic E-state index is 11.5. The van der Waals surface area contributed by atoms with E-state index >= 15 is 0 Å². The molecule has 1 atom stereocenters. The lowest BCUT2D eigenvalue weighted by Crippen LogP contribution is -2.43. The van der Waals surface area contributed by atoms with Gasteiger partial charge in [0.25, 0.3) is 5.91 Å². The lowest BCUT2D eigenvalue weighted by Gasteiger charge is -2.37. The van der Waals surface area contributed by atoms with Gasteiger partial charge in [-0.1, -0.05) is 30.3 Å². The van der Waals surface area contributed by atoms with Crippen molar-refractivity contribution in [3.05, 3.63) is 64.2 Å². The number of hydrogen-bond donors (Lipinski definition) is 0. The third kappa shape index (κ3) is 3.36. The molecule has 0 N–H and O–H groups in total. The van der Waals surface area contributed by atoms with E-state index in [1.165, 1.54) is 18.4 Å². The Morgan fingerprint density at radius 2 is 1.96 bits per heavy atom. The van der Waals surface area contributed by atoms with Gasteiger partial charge in [-0.2, -0.15) is 0 Å². The van der Waals surface area contributed by atoms with Gasteiger partial charge in [-0.3, -0.25) is 9.69 Å². The van der Waals surface area contributed by atoms with E-state index in [0.29, 0.717) is 12.0 Å². The molecular weight excluding hydrogens is 350 g/mol. The fraction of sp³-hybridized carbons (Fsp3) is 0.391. The molecular formula is C23H25N3O2. The number of hydroxylamine groups is 2. The van der Waals surface area contributed by atoms with Crippen LogP contribution in [0.2, 0.25) is 0 Å². The van der Waals surface area contributed by atoms with Crippen molar-refractivity contribution in [3.8, 4) is 5.75 Å². The molecule has 5 heteroatoms. The third-order valence-electron chi connectivity index (χ3n) is 6.28. The average Bonchev–Trinajstić information content (AvgIpc) is 3.28. The lowest BCUT2D eigenvalue weighted by molar-refractivity contribution is -0.112. The number of carbonyl (C=O) groups is 1. The highest BCUT2D eigenvalue weighted by Gasteiger charge is 2.33. The molecule has 3 heterocycles. The van der Waals surface area contributed by atoms with E-state index in [4.69, 9.17) is 4.84 Å². The van der Waals surface area contributed by atoms with Gasteiger partial charge in [0.15, 0.2) is 5.75 Å². The number of rotatable bonds is 4. The zero-order chi connectivity index (χ0) is 19.1. The summed E-state index contributed by atoms with van der Waals surface area (Å²) in [5.74, 6) is 1.30. The maximum absolute atomic E-state index is 11.5. The number of carbonyl (C=O) groups excluding carboxylic acids is 1. The first-order valence-corrected chi connectivity index (χ1v) is 10.1. The van der Waals surface area contributed by atoms with Crippen molar-refractivity contribution in [2.24, 2.45) is 10.9 Å². The van der Waals surface area contributed by atoms with E-state index in [1.807, 2.05) is 12.1 Å². The number of piperidine rings is 1. The standard InChI is InChI=1S/C23H25N3O2/c1-16(18-7-9-25(10-8-18)14-17-5-3-2-4-6-17)26-15-20-11-19-12-23(27)24-21(19)13-22(20)28-26/h2-6,11-13,16,18H,7-10,14-15H2,1H3. The predicted octanol–water partition coefficient (Wildman–Crippen LogP) is 2.04. The topological polar surface area (TPSA) is 45.1 Å². The monoisotopic (exact) mass is 375 g/mol. The van der Waals surface area contributed by atoms with Gasteiger partial charge in [-0.15, -0.1) is 5.06 Å². The van der Waals surface area contributed by atoms with E-state index in [1.54, 1.807) is 6.08 Å². The van der Waals surface area contributed by atoms with Crippen LogP contribution in [0.15, 0.2) is 47.5 Å². The number of amides is 1. The van der Waals surface area contributed by atoms with Crippen molar-refractivity contribution < 1.29 is 9.63 Å². The molecule has 0 radical (unpaired) electrons. The van der Waals surface area contributed by atoms with E-state index in [-0.39, 0.29) is 5.91 Å². The number of fused-ring (bicyclic) bond motifs is 2. The minimum atomic E-state index is -0.175. The smallest absolute Gasteiger partial charge is 0.270 e. The normalized spacial score (nSPS) is 20.8. The summed E-state index contributed by atoms with van der Waals surface area (Å²) in [5.41, 5.74) is 2.54. The summed E-state index contributed by atoms with van der Waals surface area (Å²) >= 11 is 0. The molecule has 0 bridgehead atoms. The maximum Gasteiger partial charge on any atom is 0.270 e. The minimum absolute atomic E-state index is 0.175. The summed E-state index contributed by atoms with van der Waals surface area (Å²) in [6.45, 7) is 6.36. The molecule has 5 rings (SSSR count). The van der Waals surface area contributed by atoms with Crippen LogP contribution in [-0.4, -0.2) is 35.0 Å². The molecule has 0 saturated carbocycles. The Labute approximate surface area is 164 Å². The zero-order valence-electron chi connectivity index (χ0n) is 16.2. The highest BCUT2D eigenvalue weighted by Crippen LogP contribution is 2.32. The first kappa shape index (κ1) is 17.6. The average molecular weight is 375 g/mol. The molecule has 0 aromatic heterocycles. The number of benzene rings is 2. The highest BCUT2D eigenvalue weighted by molar-refractivity contribution is 6.06. The van der Waals surface area contributed by atoms with Crippen molar-refractivity contribution in [1.82, 2.24) is 9.96 Å². The van der Waals surface area contributed by atoms with Gasteiger partial charge in [0.2, 0.25) is 0 Å². The predicted molar refractivity (Wildman–Crippen MR) is 107 cm³/mol. The van der Waals surface area contributed by atoms with Crippen molar-refractivity contribution in [1.29, 1.82) is 0 Å². The lowest BCUT2D eigenvalue weighted by atomic mass is 9.90. The molecule has 1 fully saturated rings. The quantitative estimate of drug-likeness (QED) is 0.820. The van der Waals surface area contributed by atoms with Crippen LogP contribution in [0.25, 0.3) is 6.08 Å². The Kier molecular flexibility index (Phi) is 4.49. The summed E-state index contributed by atoms with van der Waals surface area (Å²) < 4.78 is 0. The minimum Gasteiger partial charge on any atom is -0.405 e. The molecule has 3 aliphatic rings.